The topological polar surface area (TPSA) is 96.3 Å². The Balaban J connectivity index is 2.04. The number of aliphatic hydroxyl groups is 1. The zero-order valence-corrected chi connectivity index (χ0v) is 15.8. The predicted molar refractivity (Wildman–Crippen MR) is 97.6 cm³/mol. The number of carbonyl (C=O) groups is 2. The molecule has 0 aromatic heterocycles. The molecule has 7 heteroatoms. The summed E-state index contributed by atoms with van der Waals surface area (Å²) in [5.41, 5.74) is 0.602. The maximum Gasteiger partial charge on any atom is 0.290 e. The van der Waals surface area contributed by atoms with Gasteiger partial charge in [0.25, 0.3) is 5.91 Å². The van der Waals surface area contributed by atoms with Crippen molar-refractivity contribution in [2.24, 2.45) is 5.92 Å². The first-order valence-electron chi connectivity index (χ1n) is 9.12. The molecular weight excluding hydrogens is 350 g/mol. The van der Waals surface area contributed by atoms with E-state index < -0.39 is 17.7 Å². The van der Waals surface area contributed by atoms with Gasteiger partial charge < -0.3 is 24.6 Å². The molecular formula is C20H25NO6. The number of benzene rings is 1. The summed E-state index contributed by atoms with van der Waals surface area (Å²) in [4.78, 5) is 27.0. The molecule has 0 spiro atoms. The zero-order valence-electron chi connectivity index (χ0n) is 15.8. The maximum absolute atomic E-state index is 12.8. The number of phenolic OH excluding ortho intramolecular Hbond substituents is 1. The zero-order chi connectivity index (χ0) is 19.7. The summed E-state index contributed by atoms with van der Waals surface area (Å²) in [5, 5.41) is 20.6. The van der Waals surface area contributed by atoms with Crippen molar-refractivity contribution >= 4 is 11.7 Å². The van der Waals surface area contributed by atoms with E-state index in [0.29, 0.717) is 17.9 Å². The Bertz CT molecular complexity index is 779. The Morgan fingerprint density at radius 2 is 2.11 bits per heavy atom. The van der Waals surface area contributed by atoms with E-state index in [4.69, 9.17) is 9.47 Å². The van der Waals surface area contributed by atoms with Crippen LogP contribution < -0.4 is 4.74 Å². The molecule has 0 bridgehead atoms. The van der Waals surface area contributed by atoms with Gasteiger partial charge in [0.1, 0.15) is 0 Å². The van der Waals surface area contributed by atoms with Gasteiger partial charge in [-0.1, -0.05) is 19.9 Å². The van der Waals surface area contributed by atoms with Crippen LogP contribution in [0, 0.1) is 5.92 Å². The van der Waals surface area contributed by atoms with E-state index in [0.717, 1.165) is 12.8 Å². The molecule has 1 saturated heterocycles. The van der Waals surface area contributed by atoms with E-state index in [2.05, 4.69) is 0 Å². The SMILES string of the molecule is COc1ccc(C2C(C(=O)C(C)C)=C(O)C(=O)N2CC2CCCO2)cc1O. The highest BCUT2D eigenvalue weighted by molar-refractivity contribution is 6.09. The van der Waals surface area contributed by atoms with Crippen LogP contribution in [0.4, 0.5) is 0 Å². The number of nitrogens with zero attached hydrogens (tertiary/aromatic N) is 1. The number of phenols is 1. The van der Waals surface area contributed by atoms with Gasteiger partial charge in [0, 0.05) is 19.1 Å². The number of ether oxygens (including phenoxy) is 2. The van der Waals surface area contributed by atoms with Crippen LogP contribution in [0.25, 0.3) is 0 Å². The highest BCUT2D eigenvalue weighted by Gasteiger charge is 2.45. The van der Waals surface area contributed by atoms with Gasteiger partial charge in [-0.25, -0.2) is 0 Å². The lowest BCUT2D eigenvalue weighted by Gasteiger charge is -2.29. The van der Waals surface area contributed by atoms with Crippen LogP contribution in [-0.2, 0) is 14.3 Å². The number of methoxy groups -OCH3 is 1. The lowest BCUT2D eigenvalue weighted by molar-refractivity contribution is -0.131. The molecule has 0 aliphatic carbocycles. The molecule has 2 unspecified atom stereocenters. The number of hydrogen-bond acceptors (Lipinski definition) is 6. The highest BCUT2D eigenvalue weighted by Crippen LogP contribution is 2.41. The second kappa shape index (κ2) is 7.60. The number of Topliss-reactive ketones (excluding diaryl/α,β-unsaturated/α-hetero) is 1. The van der Waals surface area contributed by atoms with E-state index >= 15 is 0 Å². The smallest absolute Gasteiger partial charge is 0.290 e. The summed E-state index contributed by atoms with van der Waals surface area (Å²) < 4.78 is 10.7. The molecule has 2 aliphatic rings. The minimum absolute atomic E-state index is 0.0672. The van der Waals surface area contributed by atoms with Crippen LogP contribution >= 0.6 is 0 Å². The fourth-order valence-corrected chi connectivity index (χ4v) is 3.64. The van der Waals surface area contributed by atoms with Crippen molar-refractivity contribution in [3.8, 4) is 11.5 Å². The van der Waals surface area contributed by atoms with Gasteiger partial charge in [-0.15, -0.1) is 0 Å². The summed E-state index contributed by atoms with van der Waals surface area (Å²) in [6.45, 7) is 4.35. The van der Waals surface area contributed by atoms with Crippen molar-refractivity contribution in [3.05, 3.63) is 35.1 Å². The monoisotopic (exact) mass is 375 g/mol. The Kier molecular flexibility index (Phi) is 5.41. The Labute approximate surface area is 158 Å². The average Bonchev–Trinajstić information content (AvgIpc) is 3.23. The molecule has 0 radical (unpaired) electrons. The molecule has 3 rings (SSSR count). The van der Waals surface area contributed by atoms with Gasteiger partial charge in [0.05, 0.1) is 24.8 Å². The van der Waals surface area contributed by atoms with Gasteiger partial charge in [-0.3, -0.25) is 9.59 Å². The molecule has 1 amide bonds. The van der Waals surface area contributed by atoms with Crippen molar-refractivity contribution < 1.29 is 29.3 Å². The largest absolute Gasteiger partial charge is 0.504 e. The van der Waals surface area contributed by atoms with Crippen LogP contribution in [-0.4, -0.2) is 53.2 Å². The molecule has 146 valence electrons. The fraction of sp³-hybridized carbons (Fsp3) is 0.500. The van der Waals surface area contributed by atoms with Crippen LogP contribution in [0.1, 0.15) is 38.3 Å². The molecule has 1 aromatic carbocycles. The van der Waals surface area contributed by atoms with Crippen LogP contribution in [0.3, 0.4) is 0 Å². The Morgan fingerprint density at radius 3 is 2.67 bits per heavy atom. The number of ketones is 1. The van der Waals surface area contributed by atoms with E-state index in [9.17, 15) is 19.8 Å². The van der Waals surface area contributed by atoms with Gasteiger partial charge in [-0.05, 0) is 30.5 Å². The average molecular weight is 375 g/mol. The first-order valence-corrected chi connectivity index (χ1v) is 9.12. The fourth-order valence-electron chi connectivity index (χ4n) is 3.64. The summed E-state index contributed by atoms with van der Waals surface area (Å²) >= 11 is 0. The summed E-state index contributed by atoms with van der Waals surface area (Å²) in [7, 11) is 1.44. The van der Waals surface area contributed by atoms with Crippen LogP contribution in [0.2, 0.25) is 0 Å². The number of rotatable bonds is 6. The molecule has 1 aromatic rings. The first kappa shape index (κ1) is 19.2. The Morgan fingerprint density at radius 1 is 1.37 bits per heavy atom. The lowest BCUT2D eigenvalue weighted by Crippen LogP contribution is -2.37. The third kappa shape index (κ3) is 3.51. The maximum atomic E-state index is 12.8. The van der Waals surface area contributed by atoms with Crippen LogP contribution in [0.15, 0.2) is 29.5 Å². The van der Waals surface area contributed by atoms with Gasteiger partial charge in [0.15, 0.2) is 23.0 Å². The normalized spacial score (nSPS) is 22.8. The van der Waals surface area contributed by atoms with Crippen molar-refractivity contribution in [1.82, 2.24) is 4.90 Å². The highest BCUT2D eigenvalue weighted by atomic mass is 16.5. The van der Waals surface area contributed by atoms with Crippen molar-refractivity contribution in [3.63, 3.8) is 0 Å². The third-order valence-electron chi connectivity index (χ3n) is 5.04. The molecule has 0 saturated carbocycles. The molecule has 2 heterocycles. The first-order chi connectivity index (χ1) is 12.8. The summed E-state index contributed by atoms with van der Waals surface area (Å²) in [6, 6.07) is 3.96. The van der Waals surface area contributed by atoms with Gasteiger partial charge in [0.2, 0.25) is 0 Å². The lowest BCUT2D eigenvalue weighted by atomic mass is 9.91. The van der Waals surface area contributed by atoms with Crippen molar-refractivity contribution in [1.29, 1.82) is 0 Å². The Hall–Kier alpha value is -2.54. The number of aliphatic hydroxyl groups excluding tert-OH is 1. The molecule has 2 atom stereocenters. The number of carbonyl (C=O) groups excluding carboxylic acids is 2. The third-order valence-corrected chi connectivity index (χ3v) is 5.04. The van der Waals surface area contributed by atoms with Gasteiger partial charge >= 0.3 is 0 Å². The summed E-state index contributed by atoms with van der Waals surface area (Å²) in [6.07, 6.45) is 1.60. The summed E-state index contributed by atoms with van der Waals surface area (Å²) in [5.74, 6) is -1.59. The second-order valence-electron chi connectivity index (χ2n) is 7.21. The van der Waals surface area contributed by atoms with E-state index in [1.54, 1.807) is 26.0 Å². The molecule has 2 aliphatic heterocycles. The minimum atomic E-state index is -0.770. The molecule has 2 N–H and O–H groups in total. The number of hydrogen-bond donors (Lipinski definition) is 2. The van der Waals surface area contributed by atoms with Crippen molar-refractivity contribution in [2.45, 2.75) is 38.8 Å². The second-order valence-corrected chi connectivity index (χ2v) is 7.21. The molecule has 7 nitrogen and oxygen atoms in total. The minimum Gasteiger partial charge on any atom is -0.504 e. The standard InChI is InChI=1S/C20H25NO6/c1-11(2)18(23)16-17(12-6-7-15(26-3)14(22)9-12)21(20(25)19(16)24)10-13-5-4-8-27-13/h6-7,9,11,13,17,22,24H,4-5,8,10H2,1-3H3. The van der Waals surface area contributed by atoms with Gasteiger partial charge in [-0.2, -0.15) is 0 Å². The van der Waals surface area contributed by atoms with E-state index in [1.165, 1.54) is 18.1 Å². The molecule has 27 heavy (non-hydrogen) atoms. The van der Waals surface area contributed by atoms with Crippen molar-refractivity contribution in [2.75, 3.05) is 20.3 Å². The molecule has 1 fully saturated rings. The van der Waals surface area contributed by atoms with E-state index in [-0.39, 0.29) is 35.7 Å². The number of aromatic hydroxyl groups is 1. The number of amides is 1. The van der Waals surface area contributed by atoms with E-state index in [1.807, 2.05) is 0 Å². The quantitative estimate of drug-likeness (QED) is 0.793. The van der Waals surface area contributed by atoms with Crippen LogP contribution in [0.5, 0.6) is 11.5 Å². The predicted octanol–water partition coefficient (Wildman–Crippen LogP) is 2.50.